The molecule has 1 aliphatic heterocycles. The van der Waals surface area contributed by atoms with Crippen molar-refractivity contribution in [1.82, 2.24) is 0 Å². The van der Waals surface area contributed by atoms with Gasteiger partial charge in [-0.05, 0) is 30.3 Å². The summed E-state index contributed by atoms with van der Waals surface area (Å²) in [6.45, 7) is 0. The topological polar surface area (TPSA) is 20.3 Å². The molecule has 0 aliphatic carbocycles. The van der Waals surface area contributed by atoms with Crippen molar-refractivity contribution >= 4 is 58.2 Å². The SMILES string of the molecule is O=C1CS[C@@H](c2ccc(Cl)cc2Cl)N1c1ccc(F)c(Cl)c1. The standard InChI is InChI=1S/C15H9Cl3FNOS/c16-8-1-3-10(11(17)5-8)15-20(14(21)7-22-15)9-2-4-13(19)12(18)6-9/h1-6,15H,7H2/t15-/m0/s1. The molecule has 1 amide bonds. The van der Waals surface area contributed by atoms with Gasteiger partial charge in [-0.15, -0.1) is 11.8 Å². The molecule has 0 N–H and O–H groups in total. The van der Waals surface area contributed by atoms with Gasteiger partial charge in [-0.2, -0.15) is 0 Å². The summed E-state index contributed by atoms with van der Waals surface area (Å²) in [5, 5.41) is 0.694. The molecule has 3 rings (SSSR count). The van der Waals surface area contributed by atoms with Gasteiger partial charge in [0.15, 0.2) is 0 Å². The summed E-state index contributed by atoms with van der Waals surface area (Å²) >= 11 is 19.4. The fourth-order valence-electron chi connectivity index (χ4n) is 2.27. The predicted octanol–water partition coefficient (Wildman–Crippen LogP) is 5.56. The number of rotatable bonds is 2. The number of carbonyl (C=O) groups is 1. The zero-order valence-electron chi connectivity index (χ0n) is 11.0. The molecule has 1 atom stereocenters. The Morgan fingerprint density at radius 2 is 1.86 bits per heavy atom. The van der Waals surface area contributed by atoms with Crippen molar-refractivity contribution in [2.75, 3.05) is 10.7 Å². The van der Waals surface area contributed by atoms with E-state index in [1.54, 1.807) is 23.1 Å². The molecule has 2 nitrogen and oxygen atoms in total. The summed E-state index contributed by atoms with van der Waals surface area (Å²) in [5.74, 6) is -0.284. The van der Waals surface area contributed by atoms with Crippen molar-refractivity contribution in [3.05, 3.63) is 62.8 Å². The van der Waals surface area contributed by atoms with Gasteiger partial charge in [0.1, 0.15) is 11.2 Å². The van der Waals surface area contributed by atoms with Gasteiger partial charge in [0.2, 0.25) is 5.91 Å². The van der Waals surface area contributed by atoms with E-state index in [-0.39, 0.29) is 16.3 Å². The van der Waals surface area contributed by atoms with Gasteiger partial charge < -0.3 is 0 Å². The molecule has 7 heteroatoms. The Balaban J connectivity index is 2.03. The van der Waals surface area contributed by atoms with Crippen LogP contribution in [0.1, 0.15) is 10.9 Å². The van der Waals surface area contributed by atoms with E-state index in [1.807, 2.05) is 0 Å². The second-order valence-electron chi connectivity index (χ2n) is 4.69. The van der Waals surface area contributed by atoms with Crippen molar-refractivity contribution < 1.29 is 9.18 Å². The Hall–Kier alpha value is -0.940. The van der Waals surface area contributed by atoms with Gasteiger partial charge in [0.05, 0.1) is 10.8 Å². The molecule has 1 saturated heterocycles. The predicted molar refractivity (Wildman–Crippen MR) is 90.6 cm³/mol. The van der Waals surface area contributed by atoms with E-state index in [1.165, 1.54) is 30.0 Å². The van der Waals surface area contributed by atoms with E-state index in [2.05, 4.69) is 0 Å². The average Bonchev–Trinajstić information content (AvgIpc) is 2.84. The van der Waals surface area contributed by atoms with E-state index in [9.17, 15) is 9.18 Å². The number of anilines is 1. The van der Waals surface area contributed by atoms with E-state index in [4.69, 9.17) is 34.8 Å². The van der Waals surface area contributed by atoms with Crippen LogP contribution >= 0.6 is 46.6 Å². The zero-order valence-corrected chi connectivity index (χ0v) is 14.1. The van der Waals surface area contributed by atoms with Crippen LogP contribution in [0.3, 0.4) is 0 Å². The third-order valence-electron chi connectivity index (χ3n) is 3.28. The van der Waals surface area contributed by atoms with E-state index < -0.39 is 5.82 Å². The zero-order chi connectivity index (χ0) is 15.9. The maximum absolute atomic E-state index is 13.3. The molecule has 114 valence electrons. The van der Waals surface area contributed by atoms with Crippen molar-refractivity contribution in [3.8, 4) is 0 Å². The van der Waals surface area contributed by atoms with Gasteiger partial charge in [-0.25, -0.2) is 4.39 Å². The molecule has 0 bridgehead atoms. The molecule has 1 aliphatic rings. The molecule has 22 heavy (non-hydrogen) atoms. The van der Waals surface area contributed by atoms with E-state index in [0.29, 0.717) is 21.5 Å². The van der Waals surface area contributed by atoms with Crippen LogP contribution in [-0.2, 0) is 4.79 Å². The van der Waals surface area contributed by atoms with Crippen molar-refractivity contribution in [2.45, 2.75) is 5.37 Å². The van der Waals surface area contributed by atoms with Crippen LogP contribution in [0.4, 0.5) is 10.1 Å². The molecule has 0 unspecified atom stereocenters. The molecule has 1 fully saturated rings. The lowest BCUT2D eigenvalue weighted by atomic mass is 10.2. The Labute approximate surface area is 146 Å². The average molecular weight is 377 g/mol. The van der Waals surface area contributed by atoms with Gasteiger partial charge >= 0.3 is 0 Å². The van der Waals surface area contributed by atoms with Crippen LogP contribution in [0, 0.1) is 5.82 Å². The van der Waals surface area contributed by atoms with Crippen LogP contribution in [0.2, 0.25) is 15.1 Å². The van der Waals surface area contributed by atoms with Crippen molar-refractivity contribution in [3.63, 3.8) is 0 Å². The summed E-state index contributed by atoms with van der Waals surface area (Å²) < 4.78 is 13.3. The molecule has 2 aromatic rings. The Bertz CT molecular complexity index is 756. The molecule has 0 aromatic heterocycles. The van der Waals surface area contributed by atoms with Gasteiger partial charge in [-0.3, -0.25) is 9.69 Å². The fourth-order valence-corrected chi connectivity index (χ4v) is 4.23. The summed E-state index contributed by atoms with van der Waals surface area (Å²) in [5.41, 5.74) is 1.32. The molecule has 0 radical (unpaired) electrons. The van der Waals surface area contributed by atoms with Crippen LogP contribution < -0.4 is 4.90 Å². The first kappa shape index (κ1) is 15.9. The number of halogens is 4. The van der Waals surface area contributed by atoms with Gasteiger partial charge in [0.25, 0.3) is 0 Å². The second-order valence-corrected chi connectivity index (χ2v) is 7.01. The highest BCUT2D eigenvalue weighted by atomic mass is 35.5. The number of hydrogen-bond donors (Lipinski definition) is 0. The van der Waals surface area contributed by atoms with Crippen LogP contribution in [-0.4, -0.2) is 11.7 Å². The number of benzene rings is 2. The summed E-state index contributed by atoms with van der Waals surface area (Å²) in [7, 11) is 0. The smallest absolute Gasteiger partial charge is 0.238 e. The van der Waals surface area contributed by atoms with Crippen LogP contribution in [0.25, 0.3) is 0 Å². The highest BCUT2D eigenvalue weighted by molar-refractivity contribution is 8.00. The lowest BCUT2D eigenvalue weighted by Gasteiger charge is -2.25. The summed E-state index contributed by atoms with van der Waals surface area (Å²) in [6.07, 6.45) is 0. The molecular weight excluding hydrogens is 368 g/mol. The van der Waals surface area contributed by atoms with Crippen molar-refractivity contribution in [1.29, 1.82) is 0 Å². The first-order chi connectivity index (χ1) is 10.5. The molecule has 1 heterocycles. The fraction of sp³-hybridized carbons (Fsp3) is 0.133. The largest absolute Gasteiger partial charge is 0.295 e. The highest BCUT2D eigenvalue weighted by Crippen LogP contribution is 2.44. The van der Waals surface area contributed by atoms with Gasteiger partial charge in [-0.1, -0.05) is 40.9 Å². The third kappa shape index (κ3) is 2.93. The van der Waals surface area contributed by atoms with Gasteiger partial charge in [0, 0.05) is 21.3 Å². The minimum absolute atomic E-state index is 0.0249. The number of thioether (sulfide) groups is 1. The Morgan fingerprint density at radius 1 is 1.09 bits per heavy atom. The second kappa shape index (κ2) is 6.28. The normalized spacial score (nSPS) is 18.1. The summed E-state index contributed by atoms with van der Waals surface area (Å²) in [4.78, 5) is 13.8. The minimum atomic E-state index is -0.522. The maximum atomic E-state index is 13.3. The lowest BCUT2D eigenvalue weighted by Crippen LogP contribution is -2.28. The number of hydrogen-bond acceptors (Lipinski definition) is 2. The first-order valence-corrected chi connectivity index (χ1v) is 8.49. The number of carbonyl (C=O) groups excluding carboxylic acids is 1. The van der Waals surface area contributed by atoms with E-state index in [0.717, 1.165) is 5.56 Å². The monoisotopic (exact) mass is 375 g/mol. The number of amides is 1. The maximum Gasteiger partial charge on any atom is 0.238 e. The van der Waals surface area contributed by atoms with Crippen molar-refractivity contribution in [2.24, 2.45) is 0 Å². The lowest BCUT2D eigenvalue weighted by molar-refractivity contribution is -0.115. The first-order valence-electron chi connectivity index (χ1n) is 6.31. The number of nitrogens with zero attached hydrogens (tertiary/aromatic N) is 1. The summed E-state index contributed by atoms with van der Waals surface area (Å²) in [6, 6.07) is 9.37. The molecule has 0 saturated carbocycles. The minimum Gasteiger partial charge on any atom is -0.295 e. The Kier molecular flexibility index (Phi) is 4.55. The van der Waals surface area contributed by atoms with Crippen LogP contribution in [0.5, 0.6) is 0 Å². The van der Waals surface area contributed by atoms with Crippen LogP contribution in [0.15, 0.2) is 36.4 Å². The third-order valence-corrected chi connectivity index (χ3v) is 5.32. The highest BCUT2D eigenvalue weighted by Gasteiger charge is 2.35. The molecule has 0 spiro atoms. The molecular formula is C15H9Cl3FNOS. The Morgan fingerprint density at radius 3 is 2.55 bits per heavy atom. The quantitative estimate of drug-likeness (QED) is 0.683. The molecule has 2 aromatic carbocycles. The van der Waals surface area contributed by atoms with E-state index >= 15 is 0 Å².